The minimum absolute atomic E-state index is 0. The molecule has 220 valence electrons. The first-order chi connectivity index (χ1) is 18.2. The van der Waals surface area contributed by atoms with Crippen LogP contribution < -0.4 is 10.6 Å². The Morgan fingerprint density at radius 1 is 0.775 bits per heavy atom. The summed E-state index contributed by atoms with van der Waals surface area (Å²) in [5.74, 6) is 0.0628. The van der Waals surface area contributed by atoms with Crippen LogP contribution in [0.3, 0.4) is 0 Å². The zero-order valence-electron chi connectivity index (χ0n) is 22.8. The van der Waals surface area contributed by atoms with Crippen molar-refractivity contribution in [3.8, 4) is 5.75 Å². The Bertz CT molecular complexity index is 1280. The summed E-state index contributed by atoms with van der Waals surface area (Å²) in [5.41, 5.74) is 5.91. The van der Waals surface area contributed by atoms with Gasteiger partial charge in [-0.05, 0) is 61.2 Å². The van der Waals surface area contributed by atoms with Gasteiger partial charge in [-0.2, -0.15) is 0 Å². The van der Waals surface area contributed by atoms with E-state index in [0.717, 1.165) is 29.3 Å². The van der Waals surface area contributed by atoms with Crippen LogP contribution in [0.2, 0.25) is 0 Å². The second-order valence-corrected chi connectivity index (χ2v) is 9.32. The average Bonchev–Trinajstić information content (AvgIpc) is 3.35. The van der Waals surface area contributed by atoms with Crippen LogP contribution in [0.1, 0.15) is 31.5 Å². The van der Waals surface area contributed by atoms with E-state index >= 15 is 0 Å². The van der Waals surface area contributed by atoms with Gasteiger partial charge in [-0.1, -0.05) is 26.5 Å². The van der Waals surface area contributed by atoms with Gasteiger partial charge in [0.1, 0.15) is 19.0 Å². The summed E-state index contributed by atoms with van der Waals surface area (Å²) >= 11 is 0. The summed E-state index contributed by atoms with van der Waals surface area (Å²) < 4.78 is 13.7. The fraction of sp³-hybridized carbons (Fsp3) is 0.419. The van der Waals surface area contributed by atoms with Gasteiger partial charge in [-0.15, -0.1) is 0 Å². The number of aromatic hydroxyl groups is 1. The van der Waals surface area contributed by atoms with E-state index in [1.54, 1.807) is 12.1 Å². The zero-order valence-corrected chi connectivity index (χ0v) is 22.8. The minimum Gasteiger partial charge on any atom is -0.508 e. The summed E-state index contributed by atoms with van der Waals surface area (Å²) in [7, 11) is 7.02. The van der Waals surface area contributed by atoms with E-state index < -0.39 is 0 Å². The molecule has 4 rings (SSSR count). The van der Waals surface area contributed by atoms with Gasteiger partial charge >= 0.3 is 0 Å². The van der Waals surface area contributed by atoms with Crippen molar-refractivity contribution in [1.29, 1.82) is 0 Å². The van der Waals surface area contributed by atoms with Crippen LogP contribution >= 0.6 is 0 Å². The number of benzene rings is 2. The molecule has 2 aromatic heterocycles. The molecule has 0 atom stereocenters. The number of aryl methyl sites for hydroxylation is 3. The lowest BCUT2D eigenvalue weighted by molar-refractivity contribution is -0.125. The number of aromatic nitrogens is 2. The third-order valence-corrected chi connectivity index (χ3v) is 6.27. The van der Waals surface area contributed by atoms with E-state index in [-0.39, 0.29) is 45.6 Å². The molecule has 0 aliphatic heterocycles. The number of methoxy groups -OCH3 is 2. The predicted octanol–water partition coefficient (Wildman–Crippen LogP) is 4.25. The van der Waals surface area contributed by atoms with Crippen LogP contribution in [0.25, 0.3) is 21.8 Å². The minimum atomic E-state index is -0.120. The first-order valence-corrected chi connectivity index (χ1v) is 12.6. The number of fused-ring (bicyclic) bond motifs is 2. The molecular weight excluding hydrogens is 508 g/mol. The SMILES string of the molecule is C.C.COCC(=O)NCCc1cn(C)c2ccc(C)cc12.COCC(=O)NCCc1cn(C)c2ccc(O)cc12. The van der Waals surface area contributed by atoms with Crippen molar-refractivity contribution < 1.29 is 24.2 Å². The predicted molar refractivity (Wildman–Crippen MR) is 163 cm³/mol. The lowest BCUT2D eigenvalue weighted by Crippen LogP contribution is -2.28. The van der Waals surface area contributed by atoms with Crippen molar-refractivity contribution in [1.82, 2.24) is 19.8 Å². The van der Waals surface area contributed by atoms with E-state index in [9.17, 15) is 14.7 Å². The second-order valence-electron chi connectivity index (χ2n) is 9.32. The molecule has 3 N–H and O–H groups in total. The molecule has 0 aliphatic carbocycles. The van der Waals surface area contributed by atoms with Crippen molar-refractivity contribution in [2.24, 2.45) is 14.1 Å². The number of hydrogen-bond acceptors (Lipinski definition) is 5. The molecule has 0 radical (unpaired) electrons. The fourth-order valence-electron chi connectivity index (χ4n) is 4.48. The molecule has 9 nitrogen and oxygen atoms in total. The number of rotatable bonds is 10. The highest BCUT2D eigenvalue weighted by Crippen LogP contribution is 2.25. The van der Waals surface area contributed by atoms with Crippen molar-refractivity contribution >= 4 is 33.6 Å². The number of phenolic OH excluding ortho intramolecular Hbond substituents is 1. The van der Waals surface area contributed by atoms with Crippen LogP contribution in [0.4, 0.5) is 0 Å². The number of phenols is 1. The molecule has 0 saturated heterocycles. The first-order valence-electron chi connectivity index (χ1n) is 12.6. The normalized spacial score (nSPS) is 10.3. The summed E-state index contributed by atoms with van der Waals surface area (Å²) in [6, 6.07) is 11.8. The molecule has 0 fully saturated rings. The molecule has 0 saturated carbocycles. The third-order valence-electron chi connectivity index (χ3n) is 6.27. The molecule has 0 spiro atoms. The lowest BCUT2D eigenvalue weighted by atomic mass is 10.1. The number of ether oxygens (including phenoxy) is 2. The van der Waals surface area contributed by atoms with Crippen LogP contribution in [0.5, 0.6) is 5.75 Å². The Hall–Kier alpha value is -3.82. The molecule has 9 heteroatoms. The smallest absolute Gasteiger partial charge is 0.245 e. The Labute approximate surface area is 238 Å². The Morgan fingerprint density at radius 3 is 1.70 bits per heavy atom. The summed E-state index contributed by atoms with van der Waals surface area (Å²) in [4.78, 5) is 22.6. The van der Waals surface area contributed by atoms with Gasteiger partial charge in [0.15, 0.2) is 0 Å². The second kappa shape index (κ2) is 16.3. The molecule has 4 aromatic rings. The van der Waals surface area contributed by atoms with Crippen molar-refractivity contribution in [3.05, 3.63) is 65.5 Å². The zero-order chi connectivity index (χ0) is 27.7. The molecule has 0 unspecified atom stereocenters. The molecule has 2 amide bonds. The topological polar surface area (TPSA) is 107 Å². The first kappa shape index (κ1) is 34.2. The molecule has 40 heavy (non-hydrogen) atoms. The Morgan fingerprint density at radius 2 is 1.23 bits per heavy atom. The number of amides is 2. The number of hydrogen-bond donors (Lipinski definition) is 3. The highest BCUT2D eigenvalue weighted by atomic mass is 16.5. The largest absolute Gasteiger partial charge is 0.508 e. The highest BCUT2D eigenvalue weighted by molar-refractivity contribution is 5.86. The van der Waals surface area contributed by atoms with E-state index in [1.807, 2.05) is 30.9 Å². The van der Waals surface area contributed by atoms with E-state index in [0.29, 0.717) is 13.1 Å². The lowest BCUT2D eigenvalue weighted by Gasteiger charge is -2.04. The maximum atomic E-state index is 11.3. The Kier molecular flexibility index (Phi) is 14.0. The van der Waals surface area contributed by atoms with Crippen molar-refractivity contribution in [2.75, 3.05) is 40.5 Å². The number of carbonyl (C=O) groups is 2. The number of nitrogens with one attached hydrogen (secondary N) is 2. The van der Waals surface area contributed by atoms with Gasteiger partial charge in [-0.3, -0.25) is 9.59 Å². The van der Waals surface area contributed by atoms with Gasteiger partial charge in [0.2, 0.25) is 11.8 Å². The highest BCUT2D eigenvalue weighted by Gasteiger charge is 2.09. The molecule has 2 aromatic carbocycles. The summed E-state index contributed by atoms with van der Waals surface area (Å²) in [6.07, 6.45) is 5.70. The maximum absolute atomic E-state index is 11.3. The van der Waals surface area contributed by atoms with E-state index in [1.165, 1.54) is 36.2 Å². The van der Waals surface area contributed by atoms with Crippen molar-refractivity contribution in [3.63, 3.8) is 0 Å². The standard InChI is InChI=1S/C15H20N2O2.C14H18N2O3.2CH4/c1-11-4-5-14-13(8-11)12(9-17(14)2)6-7-16-15(18)10-19-3;1-16-8-10(5-6-15-14(18)9-19-2)12-7-11(17)3-4-13(12)16;;/h4-5,8-9H,6-7,10H2,1-3H3,(H,16,18);3-4,7-8,17H,5-6,9H2,1-2H3,(H,15,18);2*1H4. The van der Waals surface area contributed by atoms with Gasteiger partial charge in [0, 0.05) is 75.6 Å². The van der Waals surface area contributed by atoms with Gasteiger partial charge in [-0.25, -0.2) is 0 Å². The average molecular weight is 555 g/mol. The quantitative estimate of drug-likeness (QED) is 0.272. The van der Waals surface area contributed by atoms with Crippen LogP contribution in [0.15, 0.2) is 48.8 Å². The monoisotopic (exact) mass is 554 g/mol. The molecule has 0 aliphatic rings. The third kappa shape index (κ3) is 9.14. The molecule has 2 heterocycles. The van der Waals surface area contributed by atoms with Gasteiger partial charge < -0.3 is 34.3 Å². The van der Waals surface area contributed by atoms with Crippen LogP contribution in [-0.4, -0.2) is 66.6 Å². The molecular formula is C31H46N4O5. The van der Waals surface area contributed by atoms with Crippen LogP contribution in [-0.2, 0) is 46.0 Å². The number of nitrogens with zero attached hydrogens (tertiary/aromatic N) is 2. The maximum Gasteiger partial charge on any atom is 0.245 e. The fourth-order valence-corrected chi connectivity index (χ4v) is 4.48. The van der Waals surface area contributed by atoms with Gasteiger partial charge in [0.25, 0.3) is 0 Å². The Balaban J connectivity index is 0.000000381. The van der Waals surface area contributed by atoms with E-state index in [4.69, 9.17) is 9.47 Å². The summed E-state index contributed by atoms with van der Waals surface area (Å²) in [5, 5.41) is 17.5. The number of carbonyl (C=O) groups excluding carboxylic acids is 2. The van der Waals surface area contributed by atoms with Gasteiger partial charge in [0.05, 0.1) is 0 Å². The van der Waals surface area contributed by atoms with Crippen LogP contribution in [0, 0.1) is 6.92 Å². The summed E-state index contributed by atoms with van der Waals surface area (Å²) in [6.45, 7) is 3.48. The van der Waals surface area contributed by atoms with E-state index in [2.05, 4.69) is 46.5 Å². The molecule has 0 bridgehead atoms. The van der Waals surface area contributed by atoms with Crippen molar-refractivity contribution in [2.45, 2.75) is 34.6 Å².